The van der Waals surface area contributed by atoms with Gasteiger partial charge in [-0.1, -0.05) is 162 Å². The molecule has 7 rings (SSSR count). The lowest BCUT2D eigenvalue weighted by molar-refractivity contribution is -0.144. The van der Waals surface area contributed by atoms with Crippen molar-refractivity contribution in [3.63, 3.8) is 0 Å². The smallest absolute Gasteiger partial charge is 0.275 e. The Bertz CT molecular complexity index is 1770. The van der Waals surface area contributed by atoms with E-state index in [1.165, 1.54) is 46.2 Å². The normalized spacial score (nSPS) is 24.6. The number of ether oxygens (including phenoxy) is 1. The fourth-order valence-corrected chi connectivity index (χ4v) is 10.3. The Morgan fingerprint density at radius 3 is 1.73 bits per heavy atom. The molecule has 0 bridgehead atoms. The van der Waals surface area contributed by atoms with Crippen LogP contribution in [-0.2, 0) is 4.74 Å². The number of fused-ring (bicyclic) bond motifs is 2. The van der Waals surface area contributed by atoms with E-state index in [4.69, 9.17) is 4.74 Å². The summed E-state index contributed by atoms with van der Waals surface area (Å²) in [6.45, 7) is 33.0. The molecule has 1 nitrogen and oxygen atoms in total. The van der Waals surface area contributed by atoms with Crippen LogP contribution in [0.2, 0.25) is 0 Å². The van der Waals surface area contributed by atoms with Gasteiger partial charge in [-0.2, -0.15) is 0 Å². The number of hydrogen-bond donors (Lipinski definition) is 0. The van der Waals surface area contributed by atoms with Crippen molar-refractivity contribution in [1.29, 1.82) is 0 Å². The lowest BCUT2D eigenvalue weighted by Crippen LogP contribution is -2.48. The molecular weight excluding hydrogens is 770 g/mol. The van der Waals surface area contributed by atoms with Crippen molar-refractivity contribution >= 4 is 0 Å². The van der Waals surface area contributed by atoms with Crippen LogP contribution in [0.5, 0.6) is 0 Å². The first-order valence-corrected chi connectivity index (χ1v) is 23.8. The van der Waals surface area contributed by atoms with Crippen LogP contribution in [0.4, 0.5) is 13.2 Å². The quantitative estimate of drug-likeness (QED) is 0.170. The highest BCUT2D eigenvalue weighted by Gasteiger charge is 2.52. The Morgan fingerprint density at radius 1 is 0.774 bits per heavy atom. The number of terminal acetylenes is 1. The van der Waals surface area contributed by atoms with Crippen molar-refractivity contribution in [3.8, 4) is 23.5 Å². The average molecular weight is 855 g/mol. The van der Waals surface area contributed by atoms with Gasteiger partial charge in [0.05, 0.1) is 12.2 Å². The number of halogens is 3. The zero-order valence-corrected chi connectivity index (χ0v) is 41.3. The number of rotatable bonds is 7. The molecule has 2 saturated carbocycles. The second-order valence-corrected chi connectivity index (χ2v) is 19.3. The summed E-state index contributed by atoms with van der Waals surface area (Å²) in [5, 5.41) is 0. The van der Waals surface area contributed by atoms with Crippen LogP contribution in [0.1, 0.15) is 168 Å². The molecule has 1 heterocycles. The summed E-state index contributed by atoms with van der Waals surface area (Å²) in [5.41, 5.74) is 11.5. The summed E-state index contributed by atoms with van der Waals surface area (Å²) in [6.07, 6.45) is 12.9. The molecule has 0 amide bonds. The van der Waals surface area contributed by atoms with E-state index in [1.807, 2.05) is 27.7 Å². The van der Waals surface area contributed by atoms with E-state index >= 15 is 0 Å². The van der Waals surface area contributed by atoms with Crippen molar-refractivity contribution in [1.82, 2.24) is 0 Å². The van der Waals surface area contributed by atoms with Crippen LogP contribution < -0.4 is 0 Å². The zero-order chi connectivity index (χ0) is 46.9. The standard InChI is InChI=1S/C41H55F3O.C8H10.C3H4.2C2H6.C2H4/c1-27-10-12-28(13-11-27)29-14-16-30(17-15-29)34-25-39(4,5)35(8-7-9-36(42)40(6,43)44)33-19-18-31-24-41(21-20-32(31)37(33)34)23-22-38(2,3)26-45-41;1-7-3-5-8(2)6-4-7;1-3-2;3*1-2/h10-17,31,33-36H,7-9,18-26H2,1-6H3;3-6H,1-2H3;1H,2H3;2*1-2H3;1-2H2/t31?,33?,34?,35?,36-,41?;;;;;/m1...../s1. The van der Waals surface area contributed by atoms with Gasteiger partial charge in [0.1, 0.15) is 0 Å². The maximum atomic E-state index is 14.3. The van der Waals surface area contributed by atoms with Gasteiger partial charge < -0.3 is 4.74 Å². The van der Waals surface area contributed by atoms with Crippen LogP contribution in [-0.4, -0.2) is 24.3 Å². The summed E-state index contributed by atoms with van der Waals surface area (Å²) < 4.78 is 48.4. The highest BCUT2D eigenvalue weighted by atomic mass is 19.3. The molecule has 6 atom stereocenters. The van der Waals surface area contributed by atoms with Crippen LogP contribution in [0, 0.1) is 61.7 Å². The number of allylic oxidation sites excluding steroid dienone is 2. The van der Waals surface area contributed by atoms with Crippen LogP contribution in [0.25, 0.3) is 11.1 Å². The Labute approximate surface area is 378 Å². The highest BCUT2D eigenvalue weighted by molar-refractivity contribution is 5.64. The van der Waals surface area contributed by atoms with Gasteiger partial charge in [-0.05, 0) is 137 Å². The molecule has 4 heteroatoms. The number of aryl methyl sites for hydroxylation is 3. The monoisotopic (exact) mass is 855 g/mol. The maximum absolute atomic E-state index is 14.3. The van der Waals surface area contributed by atoms with E-state index in [2.05, 4.69) is 147 Å². The van der Waals surface area contributed by atoms with Crippen LogP contribution >= 0.6 is 0 Å². The lowest BCUT2D eigenvalue weighted by atomic mass is 9.50. The van der Waals surface area contributed by atoms with Gasteiger partial charge in [-0.25, -0.2) is 13.2 Å². The molecule has 3 aliphatic carbocycles. The van der Waals surface area contributed by atoms with Crippen molar-refractivity contribution in [2.45, 2.75) is 184 Å². The first-order chi connectivity index (χ1) is 29.4. The molecule has 62 heavy (non-hydrogen) atoms. The van der Waals surface area contributed by atoms with Crippen molar-refractivity contribution < 1.29 is 17.9 Å². The minimum absolute atomic E-state index is 0.0249. The molecule has 4 aliphatic rings. The van der Waals surface area contributed by atoms with E-state index in [9.17, 15) is 13.2 Å². The fourth-order valence-electron chi connectivity index (χ4n) is 10.3. The Morgan fingerprint density at radius 2 is 1.26 bits per heavy atom. The van der Waals surface area contributed by atoms with Gasteiger partial charge in [0.15, 0.2) is 6.17 Å². The van der Waals surface area contributed by atoms with E-state index in [0.29, 0.717) is 37.0 Å². The Kier molecular flexibility index (Phi) is 22.1. The zero-order valence-electron chi connectivity index (χ0n) is 41.3. The first-order valence-electron chi connectivity index (χ1n) is 23.8. The maximum Gasteiger partial charge on any atom is 0.275 e. The first kappa shape index (κ1) is 54.6. The van der Waals surface area contributed by atoms with Gasteiger partial charge in [-0.15, -0.1) is 25.5 Å². The third-order valence-corrected chi connectivity index (χ3v) is 13.6. The van der Waals surface area contributed by atoms with Gasteiger partial charge in [0.25, 0.3) is 5.92 Å². The molecule has 1 spiro atoms. The molecule has 0 radical (unpaired) electrons. The highest BCUT2D eigenvalue weighted by Crippen LogP contribution is 2.62. The molecule has 0 N–H and O–H groups in total. The summed E-state index contributed by atoms with van der Waals surface area (Å²) in [7, 11) is 0. The number of hydrogen-bond acceptors (Lipinski definition) is 1. The molecular formula is C58H85F3O. The molecule has 3 fully saturated rings. The predicted octanol–water partition coefficient (Wildman–Crippen LogP) is 17.8. The molecule has 1 aliphatic heterocycles. The van der Waals surface area contributed by atoms with Crippen molar-refractivity contribution in [3.05, 3.63) is 119 Å². The number of benzene rings is 3. The Balaban J connectivity index is 0.000000666. The number of alkyl halides is 3. The average Bonchev–Trinajstić information content (AvgIpc) is 3.26. The summed E-state index contributed by atoms with van der Waals surface area (Å²) in [4.78, 5) is 0. The molecule has 1 saturated heterocycles. The fraction of sp³-hybridized carbons (Fsp3) is 0.586. The molecule has 0 aromatic heterocycles. The second-order valence-electron chi connectivity index (χ2n) is 19.3. The largest absolute Gasteiger partial charge is 0.374 e. The molecule has 5 unspecified atom stereocenters. The minimum atomic E-state index is -3.27. The summed E-state index contributed by atoms with van der Waals surface area (Å²) >= 11 is 0. The predicted molar refractivity (Wildman–Crippen MR) is 264 cm³/mol. The van der Waals surface area contributed by atoms with Gasteiger partial charge in [0, 0.05) is 12.8 Å². The summed E-state index contributed by atoms with van der Waals surface area (Å²) in [6, 6.07) is 26.5. The lowest BCUT2D eigenvalue weighted by Gasteiger charge is -2.56. The molecule has 3 aromatic carbocycles. The molecule has 344 valence electrons. The van der Waals surface area contributed by atoms with Gasteiger partial charge >= 0.3 is 0 Å². The third kappa shape index (κ3) is 15.0. The van der Waals surface area contributed by atoms with Crippen LogP contribution in [0.15, 0.2) is 97.1 Å². The van der Waals surface area contributed by atoms with Crippen LogP contribution in [0.3, 0.4) is 0 Å². The van der Waals surface area contributed by atoms with E-state index in [0.717, 1.165) is 51.6 Å². The summed E-state index contributed by atoms with van der Waals surface area (Å²) in [5.74, 6) is 0.723. The minimum Gasteiger partial charge on any atom is -0.374 e. The van der Waals surface area contributed by atoms with E-state index in [1.54, 1.807) is 18.1 Å². The van der Waals surface area contributed by atoms with E-state index in [-0.39, 0.29) is 22.9 Å². The SMILES string of the molecule is C#CC.C=C.CC.CC.Cc1ccc(-c2ccc(C3CC(C)(C)C(CCC[C@@H](F)C(C)(F)F)C4CCC5CC6(CCC5=C34)CCC(C)(C)CO6)cc2)cc1.Cc1ccc(C)cc1. The Hall–Kier alpha value is -3.55. The third-order valence-electron chi connectivity index (χ3n) is 13.6. The van der Waals surface area contributed by atoms with E-state index < -0.39 is 12.1 Å². The van der Waals surface area contributed by atoms with Gasteiger partial charge in [0.2, 0.25) is 0 Å². The van der Waals surface area contributed by atoms with Crippen molar-refractivity contribution in [2.75, 3.05) is 6.61 Å². The second kappa shape index (κ2) is 25.1. The van der Waals surface area contributed by atoms with Crippen molar-refractivity contribution in [2.24, 2.45) is 28.6 Å². The van der Waals surface area contributed by atoms with Gasteiger partial charge in [-0.3, -0.25) is 0 Å². The molecule has 3 aromatic rings. The topological polar surface area (TPSA) is 9.23 Å².